The molecule has 2 fully saturated rings. The van der Waals surface area contributed by atoms with Crippen molar-refractivity contribution < 1.29 is 29.5 Å². The van der Waals surface area contributed by atoms with Gasteiger partial charge in [0.2, 0.25) is 0 Å². The van der Waals surface area contributed by atoms with Crippen molar-refractivity contribution in [3.05, 3.63) is 24.3 Å². The molecule has 0 aromatic heterocycles. The van der Waals surface area contributed by atoms with Crippen molar-refractivity contribution in [2.45, 2.75) is 44.6 Å². The Morgan fingerprint density at radius 1 is 1.15 bits per heavy atom. The van der Waals surface area contributed by atoms with Gasteiger partial charge in [-0.25, -0.2) is 0 Å². The van der Waals surface area contributed by atoms with Crippen LogP contribution in [0.1, 0.15) is 13.8 Å². The molecule has 0 saturated carbocycles. The van der Waals surface area contributed by atoms with E-state index in [0.717, 1.165) is 0 Å². The molecule has 2 saturated heterocycles. The molecule has 20 heavy (non-hydrogen) atoms. The van der Waals surface area contributed by atoms with Crippen molar-refractivity contribution >= 4 is 0 Å². The lowest BCUT2D eigenvalue weighted by atomic mass is 10.0. The summed E-state index contributed by atoms with van der Waals surface area (Å²) in [6.07, 6.45) is -2.97. The quantitative estimate of drug-likeness (QED) is 0.706. The van der Waals surface area contributed by atoms with Gasteiger partial charge in [0.1, 0.15) is 29.8 Å². The molecule has 0 radical (unpaired) electrons. The van der Waals surface area contributed by atoms with E-state index in [-0.39, 0.29) is 18.5 Å². The molecule has 3 rings (SSSR count). The van der Waals surface area contributed by atoms with Crippen LogP contribution in [0, 0.1) is 0 Å². The molecule has 112 valence electrons. The third kappa shape index (κ3) is 3.04. The first-order chi connectivity index (χ1) is 9.69. The lowest BCUT2D eigenvalue weighted by Crippen LogP contribution is -2.52. The summed E-state index contributed by atoms with van der Waals surface area (Å²) in [6, 6.07) is 6.12. The van der Waals surface area contributed by atoms with E-state index in [2.05, 4.69) is 0 Å². The van der Waals surface area contributed by atoms with Crippen LogP contribution in [0.15, 0.2) is 24.3 Å². The number of benzene rings is 1. The maximum Gasteiger partial charge on any atom is 0.187 e. The highest BCUT2D eigenvalue weighted by Crippen LogP contribution is 2.37. The fourth-order valence-corrected chi connectivity index (χ4v) is 2.09. The largest absolute Gasteiger partial charge is 0.508 e. The summed E-state index contributed by atoms with van der Waals surface area (Å²) in [5, 5.41) is 28.4. The zero-order valence-electron chi connectivity index (χ0n) is 11.5. The number of phenolic OH excluding ortho intramolecular Hbond substituents is 1. The fraction of sp³-hybridized carbons (Fsp3) is 0.571. The molecule has 1 aromatic carbocycles. The van der Waals surface area contributed by atoms with E-state index in [1.54, 1.807) is 12.1 Å². The minimum Gasteiger partial charge on any atom is -0.508 e. The minimum atomic E-state index is -0.838. The molecular formula is C14H20O6. The average Bonchev–Trinajstić information content (AvgIpc) is 3.26. The van der Waals surface area contributed by atoms with Gasteiger partial charge >= 0.3 is 0 Å². The van der Waals surface area contributed by atoms with Gasteiger partial charge in [-0.1, -0.05) is 13.8 Å². The molecular weight excluding hydrogens is 264 g/mol. The van der Waals surface area contributed by atoms with Crippen LogP contribution < -0.4 is 4.74 Å². The van der Waals surface area contributed by atoms with E-state index in [9.17, 15) is 15.3 Å². The number of epoxide rings is 1. The molecule has 3 N–H and O–H groups in total. The third-order valence-corrected chi connectivity index (χ3v) is 3.12. The topological polar surface area (TPSA) is 91.7 Å². The summed E-state index contributed by atoms with van der Waals surface area (Å²) in [4.78, 5) is 0. The molecule has 5 atom stereocenters. The Bertz CT molecular complexity index is 420. The van der Waals surface area contributed by atoms with E-state index < -0.39 is 24.6 Å². The van der Waals surface area contributed by atoms with Gasteiger partial charge in [0.15, 0.2) is 12.4 Å². The van der Waals surface area contributed by atoms with Crippen molar-refractivity contribution in [1.29, 1.82) is 0 Å². The van der Waals surface area contributed by atoms with Crippen molar-refractivity contribution in [3.8, 4) is 11.5 Å². The standard InChI is InChI=1S/C12H14O6.C2H6/c13-5-8-10(9(15)11-12(17-8)18-11)16-7-3-1-6(14)2-4-7;1-2/h1-4,8-15H,5H2;1-2H3. The summed E-state index contributed by atoms with van der Waals surface area (Å²) in [5.41, 5.74) is 0. The third-order valence-electron chi connectivity index (χ3n) is 3.12. The smallest absolute Gasteiger partial charge is 0.187 e. The summed E-state index contributed by atoms with van der Waals surface area (Å²) < 4.78 is 16.1. The van der Waals surface area contributed by atoms with Crippen LogP contribution in [0.2, 0.25) is 0 Å². The number of aliphatic hydroxyl groups excluding tert-OH is 2. The van der Waals surface area contributed by atoms with E-state index in [1.165, 1.54) is 12.1 Å². The Labute approximate surface area is 117 Å². The number of hydrogen-bond donors (Lipinski definition) is 3. The minimum absolute atomic E-state index is 0.132. The van der Waals surface area contributed by atoms with Crippen molar-refractivity contribution in [1.82, 2.24) is 0 Å². The number of aliphatic hydroxyl groups is 2. The van der Waals surface area contributed by atoms with Crippen LogP contribution in [-0.4, -0.2) is 52.6 Å². The predicted molar refractivity (Wildman–Crippen MR) is 70.5 cm³/mol. The van der Waals surface area contributed by atoms with Gasteiger partial charge in [0.05, 0.1) is 6.61 Å². The van der Waals surface area contributed by atoms with Crippen molar-refractivity contribution in [2.24, 2.45) is 0 Å². The number of aromatic hydroxyl groups is 1. The Balaban J connectivity index is 0.000000704. The first-order valence-electron chi connectivity index (χ1n) is 6.74. The van der Waals surface area contributed by atoms with E-state index in [4.69, 9.17) is 14.2 Å². The normalized spacial score (nSPS) is 34.5. The molecule has 0 spiro atoms. The molecule has 0 amide bonds. The van der Waals surface area contributed by atoms with Gasteiger partial charge in [-0.2, -0.15) is 0 Å². The summed E-state index contributed by atoms with van der Waals surface area (Å²) in [6.45, 7) is 3.74. The van der Waals surface area contributed by atoms with Crippen LogP contribution in [0.25, 0.3) is 0 Å². The second kappa shape index (κ2) is 6.41. The highest BCUT2D eigenvalue weighted by atomic mass is 16.8. The molecule has 5 unspecified atom stereocenters. The summed E-state index contributed by atoms with van der Waals surface area (Å²) in [5.74, 6) is 0.616. The lowest BCUT2D eigenvalue weighted by molar-refractivity contribution is -0.134. The molecule has 6 heteroatoms. The van der Waals surface area contributed by atoms with Crippen LogP contribution in [0.3, 0.4) is 0 Å². The van der Waals surface area contributed by atoms with Gasteiger partial charge in [0, 0.05) is 0 Å². The zero-order valence-corrected chi connectivity index (χ0v) is 11.5. The number of fused-ring (bicyclic) bond motifs is 1. The monoisotopic (exact) mass is 284 g/mol. The molecule has 6 nitrogen and oxygen atoms in total. The molecule has 2 heterocycles. The molecule has 1 aromatic rings. The van der Waals surface area contributed by atoms with Gasteiger partial charge in [-0.3, -0.25) is 0 Å². The van der Waals surface area contributed by atoms with E-state index in [0.29, 0.717) is 5.75 Å². The van der Waals surface area contributed by atoms with Crippen molar-refractivity contribution in [2.75, 3.05) is 6.61 Å². The maximum atomic E-state index is 10.0. The number of hydrogen-bond acceptors (Lipinski definition) is 6. The SMILES string of the molecule is CC.OCC1OC2OC2C(O)C1Oc1ccc(O)cc1. The van der Waals surface area contributed by atoms with Gasteiger partial charge in [-0.05, 0) is 24.3 Å². The van der Waals surface area contributed by atoms with E-state index >= 15 is 0 Å². The van der Waals surface area contributed by atoms with Crippen LogP contribution in [0.4, 0.5) is 0 Å². The Hall–Kier alpha value is -1.34. The first kappa shape index (κ1) is 15.1. The molecule has 2 aliphatic rings. The van der Waals surface area contributed by atoms with E-state index in [1.807, 2.05) is 13.8 Å². The summed E-state index contributed by atoms with van der Waals surface area (Å²) in [7, 11) is 0. The number of ether oxygens (including phenoxy) is 3. The highest BCUT2D eigenvalue weighted by molar-refractivity contribution is 5.30. The highest BCUT2D eigenvalue weighted by Gasteiger charge is 2.57. The van der Waals surface area contributed by atoms with Crippen LogP contribution >= 0.6 is 0 Å². The Morgan fingerprint density at radius 2 is 1.80 bits per heavy atom. The van der Waals surface area contributed by atoms with Crippen LogP contribution in [0.5, 0.6) is 11.5 Å². The molecule has 0 aliphatic carbocycles. The van der Waals surface area contributed by atoms with Gasteiger partial charge in [0.25, 0.3) is 0 Å². The number of phenols is 1. The Morgan fingerprint density at radius 3 is 2.40 bits per heavy atom. The summed E-state index contributed by atoms with van der Waals surface area (Å²) >= 11 is 0. The predicted octanol–water partition coefficient (Wildman–Crippen LogP) is 0.643. The Kier molecular flexibility index (Phi) is 4.82. The van der Waals surface area contributed by atoms with Gasteiger partial charge < -0.3 is 29.5 Å². The van der Waals surface area contributed by atoms with Crippen molar-refractivity contribution in [3.63, 3.8) is 0 Å². The number of rotatable bonds is 3. The fourth-order valence-electron chi connectivity index (χ4n) is 2.09. The van der Waals surface area contributed by atoms with Crippen LogP contribution in [-0.2, 0) is 9.47 Å². The first-order valence-corrected chi connectivity index (χ1v) is 6.74. The molecule has 2 aliphatic heterocycles. The average molecular weight is 284 g/mol. The zero-order chi connectivity index (χ0) is 14.7. The van der Waals surface area contributed by atoms with Gasteiger partial charge in [-0.15, -0.1) is 0 Å². The lowest BCUT2D eigenvalue weighted by Gasteiger charge is -2.32. The second-order valence-electron chi connectivity index (χ2n) is 4.39. The molecule has 0 bridgehead atoms. The maximum absolute atomic E-state index is 10.0. The second-order valence-corrected chi connectivity index (χ2v) is 4.39.